The molecule has 1 aromatic heterocycles. The predicted octanol–water partition coefficient (Wildman–Crippen LogP) is 1.96. The molecule has 0 aliphatic rings. The zero-order valence-electron chi connectivity index (χ0n) is 12.8. The van der Waals surface area contributed by atoms with Crippen molar-refractivity contribution < 1.29 is 4.79 Å². The van der Waals surface area contributed by atoms with Crippen LogP contribution in [0.25, 0.3) is 0 Å². The van der Waals surface area contributed by atoms with Crippen LogP contribution in [0.3, 0.4) is 0 Å². The first kappa shape index (κ1) is 15.1. The molecule has 112 valence electrons. The molecule has 0 aliphatic heterocycles. The zero-order chi connectivity index (χ0) is 15.4. The highest BCUT2D eigenvalue weighted by molar-refractivity contribution is 5.75. The molecule has 0 fully saturated rings. The van der Waals surface area contributed by atoms with E-state index >= 15 is 0 Å². The van der Waals surface area contributed by atoms with Gasteiger partial charge in [-0.1, -0.05) is 31.2 Å². The Morgan fingerprint density at radius 1 is 1.24 bits per heavy atom. The third-order valence-corrected chi connectivity index (χ3v) is 3.65. The fraction of sp³-hybridized carbons (Fsp3) is 0.375. The number of hydrogen-bond donors (Lipinski definition) is 2. The van der Waals surface area contributed by atoms with Crippen LogP contribution in [0.15, 0.2) is 24.3 Å². The van der Waals surface area contributed by atoms with Gasteiger partial charge in [0.05, 0.1) is 17.1 Å². The highest BCUT2D eigenvalue weighted by Crippen LogP contribution is 2.14. The fourth-order valence-electron chi connectivity index (χ4n) is 2.15. The van der Waals surface area contributed by atoms with Crippen molar-refractivity contribution in [3.8, 4) is 0 Å². The summed E-state index contributed by atoms with van der Waals surface area (Å²) in [5, 5.41) is 7.16. The topological polar surface area (TPSA) is 72.9 Å². The number of aryl methyl sites for hydroxylation is 2. The van der Waals surface area contributed by atoms with E-state index in [-0.39, 0.29) is 12.5 Å². The van der Waals surface area contributed by atoms with Crippen LogP contribution >= 0.6 is 0 Å². The van der Waals surface area contributed by atoms with Crippen LogP contribution in [0.5, 0.6) is 0 Å². The molecule has 1 heterocycles. The molecule has 0 saturated heterocycles. The molecular weight excluding hydrogens is 264 g/mol. The molecule has 2 rings (SSSR count). The van der Waals surface area contributed by atoms with Crippen molar-refractivity contribution >= 4 is 11.6 Å². The first-order valence-corrected chi connectivity index (χ1v) is 7.15. The molecule has 1 aromatic carbocycles. The molecule has 21 heavy (non-hydrogen) atoms. The summed E-state index contributed by atoms with van der Waals surface area (Å²) in [6.07, 6.45) is 1.02. The number of benzene rings is 1. The van der Waals surface area contributed by atoms with Gasteiger partial charge in [-0.05, 0) is 31.4 Å². The van der Waals surface area contributed by atoms with Gasteiger partial charge in [0.1, 0.15) is 6.54 Å². The highest BCUT2D eigenvalue weighted by Gasteiger charge is 2.11. The van der Waals surface area contributed by atoms with Gasteiger partial charge in [-0.15, -0.1) is 0 Å². The van der Waals surface area contributed by atoms with E-state index in [9.17, 15) is 4.79 Å². The quantitative estimate of drug-likeness (QED) is 0.882. The number of nitrogens with zero attached hydrogens (tertiary/aromatic N) is 2. The number of carbonyl (C=O) groups excluding carboxylic acids is 1. The number of aromatic nitrogens is 2. The summed E-state index contributed by atoms with van der Waals surface area (Å²) in [5.41, 5.74) is 10.5. The second kappa shape index (κ2) is 6.43. The lowest BCUT2D eigenvalue weighted by atomic mass is 10.1. The van der Waals surface area contributed by atoms with Crippen LogP contribution in [0.2, 0.25) is 0 Å². The minimum atomic E-state index is -0.0693. The first-order chi connectivity index (χ1) is 10.0. The van der Waals surface area contributed by atoms with E-state index in [1.54, 1.807) is 4.68 Å². The Hall–Kier alpha value is -2.30. The van der Waals surface area contributed by atoms with E-state index < -0.39 is 0 Å². The normalized spacial score (nSPS) is 10.6. The van der Waals surface area contributed by atoms with Gasteiger partial charge in [0.25, 0.3) is 0 Å². The molecular formula is C16H22N4O. The van der Waals surface area contributed by atoms with Gasteiger partial charge in [0, 0.05) is 6.54 Å². The lowest BCUT2D eigenvalue weighted by molar-refractivity contribution is -0.122. The summed E-state index contributed by atoms with van der Waals surface area (Å²) >= 11 is 0. The SMILES string of the molecule is CCc1ccc(CNC(=O)Cn2nc(C)c(N)c2C)cc1. The van der Waals surface area contributed by atoms with Crippen molar-refractivity contribution in [2.24, 2.45) is 0 Å². The molecule has 0 atom stereocenters. The number of nitrogen functional groups attached to an aromatic ring is 1. The number of amides is 1. The predicted molar refractivity (Wildman–Crippen MR) is 83.8 cm³/mol. The number of nitrogens with one attached hydrogen (secondary N) is 1. The van der Waals surface area contributed by atoms with Crippen molar-refractivity contribution in [1.82, 2.24) is 15.1 Å². The molecule has 0 bridgehead atoms. The van der Waals surface area contributed by atoms with E-state index in [2.05, 4.69) is 29.5 Å². The summed E-state index contributed by atoms with van der Waals surface area (Å²) in [7, 11) is 0. The van der Waals surface area contributed by atoms with Crippen molar-refractivity contribution in [2.75, 3.05) is 5.73 Å². The van der Waals surface area contributed by atoms with E-state index in [0.29, 0.717) is 12.2 Å². The monoisotopic (exact) mass is 286 g/mol. The van der Waals surface area contributed by atoms with Gasteiger partial charge < -0.3 is 11.1 Å². The maximum Gasteiger partial charge on any atom is 0.242 e. The van der Waals surface area contributed by atoms with Crippen LogP contribution < -0.4 is 11.1 Å². The van der Waals surface area contributed by atoms with Gasteiger partial charge in [-0.2, -0.15) is 5.10 Å². The van der Waals surface area contributed by atoms with Crippen LogP contribution in [0, 0.1) is 13.8 Å². The molecule has 2 aromatic rings. The smallest absolute Gasteiger partial charge is 0.242 e. The molecule has 0 saturated carbocycles. The molecule has 0 aliphatic carbocycles. The van der Waals surface area contributed by atoms with Crippen LogP contribution in [0.1, 0.15) is 29.4 Å². The maximum atomic E-state index is 12.0. The fourth-order valence-corrected chi connectivity index (χ4v) is 2.15. The van der Waals surface area contributed by atoms with Crippen molar-refractivity contribution in [2.45, 2.75) is 40.3 Å². The Bertz CT molecular complexity index is 628. The summed E-state index contributed by atoms with van der Waals surface area (Å²) in [4.78, 5) is 12.0. The van der Waals surface area contributed by atoms with Gasteiger partial charge >= 0.3 is 0 Å². The van der Waals surface area contributed by atoms with Crippen molar-refractivity contribution in [1.29, 1.82) is 0 Å². The largest absolute Gasteiger partial charge is 0.396 e. The Kier molecular flexibility index (Phi) is 4.62. The Morgan fingerprint density at radius 2 is 1.86 bits per heavy atom. The second-order valence-corrected chi connectivity index (χ2v) is 5.19. The van der Waals surface area contributed by atoms with E-state index in [4.69, 9.17) is 5.73 Å². The number of rotatable bonds is 5. The van der Waals surface area contributed by atoms with Crippen molar-refractivity contribution in [3.05, 3.63) is 46.8 Å². The average Bonchev–Trinajstić information content (AvgIpc) is 2.73. The molecule has 0 unspecified atom stereocenters. The molecule has 0 radical (unpaired) electrons. The standard InChI is InChI=1S/C16H22N4O/c1-4-13-5-7-14(8-6-13)9-18-15(21)10-20-12(3)16(17)11(2)19-20/h5-8H,4,9-10,17H2,1-3H3,(H,18,21). The van der Waals surface area contributed by atoms with E-state index in [0.717, 1.165) is 23.4 Å². The van der Waals surface area contributed by atoms with Gasteiger partial charge in [-0.25, -0.2) is 0 Å². The van der Waals surface area contributed by atoms with Gasteiger partial charge in [0.15, 0.2) is 0 Å². The summed E-state index contributed by atoms with van der Waals surface area (Å²) in [6, 6.07) is 8.26. The minimum Gasteiger partial charge on any atom is -0.396 e. The Morgan fingerprint density at radius 3 is 2.38 bits per heavy atom. The molecule has 1 amide bonds. The number of nitrogens with two attached hydrogens (primary N) is 1. The number of hydrogen-bond acceptors (Lipinski definition) is 3. The summed E-state index contributed by atoms with van der Waals surface area (Å²) in [6.45, 7) is 6.55. The van der Waals surface area contributed by atoms with E-state index in [1.165, 1.54) is 5.56 Å². The van der Waals surface area contributed by atoms with Gasteiger partial charge in [-0.3, -0.25) is 9.48 Å². The maximum absolute atomic E-state index is 12.0. The molecule has 0 spiro atoms. The molecule has 5 nitrogen and oxygen atoms in total. The van der Waals surface area contributed by atoms with Crippen LogP contribution in [-0.2, 0) is 24.3 Å². The van der Waals surface area contributed by atoms with Gasteiger partial charge in [0.2, 0.25) is 5.91 Å². The average molecular weight is 286 g/mol. The van der Waals surface area contributed by atoms with Crippen molar-refractivity contribution in [3.63, 3.8) is 0 Å². The third-order valence-electron chi connectivity index (χ3n) is 3.65. The first-order valence-electron chi connectivity index (χ1n) is 7.15. The lowest BCUT2D eigenvalue weighted by Gasteiger charge is -2.07. The Balaban J connectivity index is 1.91. The minimum absolute atomic E-state index is 0.0693. The zero-order valence-corrected chi connectivity index (χ0v) is 12.8. The lowest BCUT2D eigenvalue weighted by Crippen LogP contribution is -2.28. The van der Waals surface area contributed by atoms with Crippen LogP contribution in [0.4, 0.5) is 5.69 Å². The summed E-state index contributed by atoms with van der Waals surface area (Å²) < 4.78 is 1.64. The third kappa shape index (κ3) is 3.62. The molecule has 3 N–H and O–H groups in total. The van der Waals surface area contributed by atoms with E-state index in [1.807, 2.05) is 26.0 Å². The number of carbonyl (C=O) groups is 1. The highest BCUT2D eigenvalue weighted by atomic mass is 16.2. The second-order valence-electron chi connectivity index (χ2n) is 5.19. The Labute approximate surface area is 125 Å². The molecule has 5 heteroatoms. The van der Waals surface area contributed by atoms with Crippen LogP contribution in [-0.4, -0.2) is 15.7 Å². The summed E-state index contributed by atoms with van der Waals surface area (Å²) in [5.74, 6) is -0.0693. The number of anilines is 1.